The third kappa shape index (κ3) is 4.50. The lowest BCUT2D eigenvalue weighted by atomic mass is 10.1. The average Bonchev–Trinajstić information content (AvgIpc) is 3.22. The van der Waals surface area contributed by atoms with Crippen molar-refractivity contribution in [3.63, 3.8) is 0 Å². The third-order valence-electron chi connectivity index (χ3n) is 5.40. The fourth-order valence-corrected chi connectivity index (χ4v) is 3.77. The van der Waals surface area contributed by atoms with Crippen molar-refractivity contribution in [1.82, 2.24) is 29.7 Å². The molecule has 0 amide bonds. The molecule has 9 nitrogen and oxygen atoms in total. The molecule has 182 valence electrons. The van der Waals surface area contributed by atoms with Crippen molar-refractivity contribution in [2.24, 2.45) is 0 Å². The number of rotatable bonds is 7. The van der Waals surface area contributed by atoms with Gasteiger partial charge in [-0.3, -0.25) is 4.68 Å². The zero-order valence-corrected chi connectivity index (χ0v) is 19.4. The van der Waals surface area contributed by atoms with Gasteiger partial charge in [0.05, 0.1) is 24.9 Å². The summed E-state index contributed by atoms with van der Waals surface area (Å²) < 4.78 is 36.2. The Kier molecular flexibility index (Phi) is 6.11. The summed E-state index contributed by atoms with van der Waals surface area (Å²) in [6, 6.07) is 11.2. The summed E-state index contributed by atoms with van der Waals surface area (Å²) in [6.07, 6.45) is 2.83. The summed E-state index contributed by atoms with van der Waals surface area (Å²) >= 11 is 0. The van der Waals surface area contributed by atoms with Gasteiger partial charge in [0, 0.05) is 29.3 Å². The molecule has 3 heterocycles. The van der Waals surface area contributed by atoms with Crippen LogP contribution < -0.4 is 10.1 Å². The number of hydrogen-bond acceptors (Lipinski definition) is 8. The lowest BCUT2D eigenvalue weighted by molar-refractivity contribution is 0.335. The van der Waals surface area contributed by atoms with Crippen molar-refractivity contribution in [3.8, 4) is 23.0 Å². The minimum absolute atomic E-state index is 0.124. The molecule has 0 aliphatic heterocycles. The number of aromatic nitrogens is 6. The van der Waals surface area contributed by atoms with Gasteiger partial charge >= 0.3 is 0 Å². The first-order valence-electron chi connectivity index (χ1n) is 11.1. The molecular formula is C25H21F2N7O2. The lowest BCUT2D eigenvalue weighted by Gasteiger charge is -2.10. The van der Waals surface area contributed by atoms with Crippen molar-refractivity contribution >= 4 is 22.5 Å². The molecule has 0 fully saturated rings. The maximum absolute atomic E-state index is 14.8. The molecule has 2 aromatic carbocycles. The third-order valence-corrected chi connectivity index (χ3v) is 5.40. The fourth-order valence-electron chi connectivity index (χ4n) is 3.77. The van der Waals surface area contributed by atoms with Crippen LogP contribution in [-0.2, 0) is 6.54 Å². The largest absolute Gasteiger partial charge is 0.503 e. The first kappa shape index (κ1) is 23.1. The van der Waals surface area contributed by atoms with Crippen LogP contribution in [0.4, 0.5) is 20.4 Å². The van der Waals surface area contributed by atoms with Gasteiger partial charge in [-0.05, 0) is 26.0 Å². The molecule has 0 aliphatic rings. The molecule has 2 N–H and O–H groups in total. The minimum Gasteiger partial charge on any atom is -0.503 e. The second-order valence-corrected chi connectivity index (χ2v) is 7.86. The molecule has 0 bridgehead atoms. The van der Waals surface area contributed by atoms with Gasteiger partial charge in [0.1, 0.15) is 34.7 Å². The van der Waals surface area contributed by atoms with E-state index in [0.717, 1.165) is 12.1 Å². The number of hydrogen-bond donors (Lipinski definition) is 2. The maximum atomic E-state index is 14.8. The van der Waals surface area contributed by atoms with Gasteiger partial charge in [0.25, 0.3) is 0 Å². The van der Waals surface area contributed by atoms with E-state index in [2.05, 4.69) is 30.4 Å². The summed E-state index contributed by atoms with van der Waals surface area (Å²) in [7, 11) is 0. The Hall–Kier alpha value is -4.67. The van der Waals surface area contributed by atoms with Crippen LogP contribution in [0.2, 0.25) is 0 Å². The Morgan fingerprint density at radius 3 is 2.58 bits per heavy atom. The van der Waals surface area contributed by atoms with E-state index in [-0.39, 0.29) is 35.2 Å². The summed E-state index contributed by atoms with van der Waals surface area (Å²) in [5, 5.41) is 18.5. The Bertz CT molecular complexity index is 1550. The number of fused-ring (bicyclic) bond motifs is 1. The van der Waals surface area contributed by atoms with Gasteiger partial charge in [-0.1, -0.05) is 18.2 Å². The molecule has 0 atom stereocenters. The monoisotopic (exact) mass is 489 g/mol. The van der Waals surface area contributed by atoms with Gasteiger partial charge in [0.15, 0.2) is 17.4 Å². The summed E-state index contributed by atoms with van der Waals surface area (Å²) in [4.78, 5) is 17.0. The normalized spacial score (nSPS) is 11.1. The fraction of sp³-hybridized carbons (Fsp3) is 0.160. The predicted molar refractivity (Wildman–Crippen MR) is 129 cm³/mol. The minimum atomic E-state index is -0.730. The molecule has 36 heavy (non-hydrogen) atoms. The zero-order chi connectivity index (χ0) is 25.2. The van der Waals surface area contributed by atoms with Crippen LogP contribution in [0.1, 0.15) is 18.3 Å². The molecule has 0 saturated carbocycles. The Balaban J connectivity index is 1.55. The summed E-state index contributed by atoms with van der Waals surface area (Å²) in [6.45, 7) is 3.62. The van der Waals surface area contributed by atoms with Crippen LogP contribution in [-0.4, -0.2) is 41.4 Å². The highest BCUT2D eigenvalue weighted by Crippen LogP contribution is 2.31. The second kappa shape index (κ2) is 9.53. The standard InChI is InChI=1S/C25H21F2N7O2/c1-3-36-15-10-18(26)17(19(27)11-15)13-34-20-7-5-4-6-16(20)23(33-34)25-29-12-21(35)24(32-25)31-22-8-9-28-14(2)30-22/h4-12,35H,3,13H2,1-2H3,(H,28,29,30,31,32). The highest BCUT2D eigenvalue weighted by Gasteiger charge is 2.19. The number of benzene rings is 2. The van der Waals surface area contributed by atoms with Crippen molar-refractivity contribution in [3.05, 3.63) is 77.9 Å². The number of nitrogens with zero attached hydrogens (tertiary/aromatic N) is 6. The molecule has 3 aromatic heterocycles. The second-order valence-electron chi connectivity index (χ2n) is 7.86. The number of para-hydroxylation sites is 1. The van der Waals surface area contributed by atoms with E-state index >= 15 is 0 Å². The van der Waals surface area contributed by atoms with Gasteiger partial charge in [-0.15, -0.1) is 0 Å². The van der Waals surface area contributed by atoms with Crippen LogP contribution >= 0.6 is 0 Å². The van der Waals surface area contributed by atoms with Crippen molar-refractivity contribution < 1.29 is 18.6 Å². The molecule has 0 aliphatic carbocycles. The first-order chi connectivity index (χ1) is 17.4. The number of aryl methyl sites for hydroxylation is 1. The summed E-state index contributed by atoms with van der Waals surface area (Å²) in [5.74, 6) is -0.189. The van der Waals surface area contributed by atoms with E-state index in [1.54, 1.807) is 38.2 Å². The number of ether oxygens (including phenoxy) is 1. The van der Waals surface area contributed by atoms with E-state index in [1.165, 1.54) is 10.9 Å². The molecule has 0 saturated heterocycles. The van der Waals surface area contributed by atoms with Crippen LogP contribution in [0.15, 0.2) is 54.9 Å². The molecule has 0 radical (unpaired) electrons. The Morgan fingerprint density at radius 2 is 1.83 bits per heavy atom. The van der Waals surface area contributed by atoms with Crippen molar-refractivity contribution in [2.75, 3.05) is 11.9 Å². The smallest absolute Gasteiger partial charge is 0.183 e. The van der Waals surface area contributed by atoms with Crippen LogP contribution in [0.5, 0.6) is 11.5 Å². The van der Waals surface area contributed by atoms with Gasteiger partial charge in [0.2, 0.25) is 0 Å². The van der Waals surface area contributed by atoms with Crippen LogP contribution in [0.25, 0.3) is 22.4 Å². The molecule has 5 rings (SSSR count). The SMILES string of the molecule is CCOc1cc(F)c(Cn2nc(-c3ncc(O)c(Nc4ccnc(C)n4)n3)c3ccccc32)c(F)c1. The van der Waals surface area contributed by atoms with Gasteiger partial charge in [-0.25, -0.2) is 28.7 Å². The molecule has 5 aromatic rings. The van der Waals surface area contributed by atoms with Gasteiger partial charge < -0.3 is 15.2 Å². The highest BCUT2D eigenvalue weighted by molar-refractivity contribution is 5.92. The van der Waals surface area contributed by atoms with E-state index < -0.39 is 11.6 Å². The quantitative estimate of drug-likeness (QED) is 0.337. The van der Waals surface area contributed by atoms with Crippen molar-refractivity contribution in [1.29, 1.82) is 0 Å². The number of aromatic hydroxyl groups is 1. The molecule has 0 spiro atoms. The highest BCUT2D eigenvalue weighted by atomic mass is 19.1. The van der Waals surface area contributed by atoms with E-state index in [1.807, 2.05) is 12.1 Å². The van der Waals surface area contributed by atoms with E-state index in [4.69, 9.17) is 4.74 Å². The maximum Gasteiger partial charge on any atom is 0.183 e. The van der Waals surface area contributed by atoms with Crippen LogP contribution in [0, 0.1) is 18.6 Å². The summed E-state index contributed by atoms with van der Waals surface area (Å²) in [5.41, 5.74) is 0.878. The van der Waals surface area contributed by atoms with E-state index in [9.17, 15) is 13.9 Å². The predicted octanol–water partition coefficient (Wildman–Crippen LogP) is 4.77. The average molecular weight is 489 g/mol. The first-order valence-corrected chi connectivity index (χ1v) is 11.1. The Morgan fingerprint density at radius 1 is 1.06 bits per heavy atom. The Labute approximate surface area is 204 Å². The zero-order valence-electron chi connectivity index (χ0n) is 19.4. The topological polar surface area (TPSA) is 111 Å². The lowest BCUT2D eigenvalue weighted by Crippen LogP contribution is -2.07. The molecule has 11 heteroatoms. The van der Waals surface area contributed by atoms with Crippen molar-refractivity contribution in [2.45, 2.75) is 20.4 Å². The molecular weight excluding hydrogens is 468 g/mol. The number of halogens is 2. The van der Waals surface area contributed by atoms with E-state index in [0.29, 0.717) is 34.8 Å². The van der Waals surface area contributed by atoms with Gasteiger partial charge in [-0.2, -0.15) is 5.10 Å². The number of nitrogens with one attached hydrogen (secondary N) is 1. The molecule has 0 unspecified atom stereocenters. The van der Waals surface area contributed by atoms with Crippen LogP contribution in [0.3, 0.4) is 0 Å². The number of anilines is 2.